The maximum atomic E-state index is 13.6. The summed E-state index contributed by atoms with van der Waals surface area (Å²) in [5, 5.41) is 11.3. The van der Waals surface area contributed by atoms with Gasteiger partial charge in [0.2, 0.25) is 0 Å². The largest absolute Gasteiger partial charge is 0.491 e. The number of anilines is 1. The van der Waals surface area contributed by atoms with Crippen LogP contribution < -0.4 is 10.1 Å². The highest BCUT2D eigenvalue weighted by Crippen LogP contribution is 2.21. The molecule has 1 aromatic carbocycles. The van der Waals surface area contributed by atoms with Crippen molar-refractivity contribution in [1.29, 1.82) is 0 Å². The number of halogens is 1. The van der Waals surface area contributed by atoms with Gasteiger partial charge in [-0.3, -0.25) is 4.79 Å². The van der Waals surface area contributed by atoms with Crippen molar-refractivity contribution in [3.8, 4) is 5.75 Å². The van der Waals surface area contributed by atoms with Crippen molar-refractivity contribution in [1.82, 2.24) is 4.90 Å². The minimum absolute atomic E-state index is 0.0562. The number of ether oxygens (including phenoxy) is 1. The smallest absolute Gasteiger partial charge is 0.321 e. The molecule has 1 rings (SSSR count). The van der Waals surface area contributed by atoms with Crippen LogP contribution in [0.3, 0.4) is 0 Å². The van der Waals surface area contributed by atoms with E-state index in [2.05, 4.69) is 5.32 Å². The summed E-state index contributed by atoms with van der Waals surface area (Å²) >= 11 is 0. The Balaban J connectivity index is 2.66. The first-order chi connectivity index (χ1) is 9.85. The number of benzene rings is 1. The standard InChI is InChI=1S/C14H19FN2O4/c1-4-21-12-6-5-10(7-11(12)15)16-14(20)17(3)8-9(2)13(18)19/h5-7,9H,4,8H2,1-3H3,(H,16,20)(H,18,19). The van der Waals surface area contributed by atoms with Crippen LogP contribution in [0.15, 0.2) is 18.2 Å². The van der Waals surface area contributed by atoms with Crippen molar-refractivity contribution < 1.29 is 23.8 Å². The molecule has 0 aliphatic rings. The molecular weight excluding hydrogens is 279 g/mol. The highest BCUT2D eigenvalue weighted by Gasteiger charge is 2.17. The van der Waals surface area contributed by atoms with E-state index in [0.717, 1.165) is 6.07 Å². The van der Waals surface area contributed by atoms with Crippen LogP contribution in [0.25, 0.3) is 0 Å². The lowest BCUT2D eigenvalue weighted by Gasteiger charge is -2.20. The lowest BCUT2D eigenvalue weighted by molar-refractivity contribution is -0.141. The minimum atomic E-state index is -0.984. The molecule has 1 aromatic rings. The number of urea groups is 1. The van der Waals surface area contributed by atoms with Gasteiger partial charge in [0.25, 0.3) is 0 Å². The number of carbonyl (C=O) groups is 2. The zero-order valence-electron chi connectivity index (χ0n) is 12.2. The third-order valence-corrected chi connectivity index (χ3v) is 2.80. The number of rotatable bonds is 6. The molecular formula is C14H19FN2O4. The van der Waals surface area contributed by atoms with Gasteiger partial charge < -0.3 is 20.1 Å². The monoisotopic (exact) mass is 298 g/mol. The number of aliphatic carboxylic acids is 1. The summed E-state index contributed by atoms with van der Waals surface area (Å²) in [7, 11) is 1.47. The molecule has 0 saturated heterocycles. The van der Waals surface area contributed by atoms with E-state index in [0.29, 0.717) is 6.61 Å². The summed E-state index contributed by atoms with van der Waals surface area (Å²) in [6, 6.07) is 3.58. The average molecular weight is 298 g/mol. The molecule has 0 radical (unpaired) electrons. The van der Waals surface area contributed by atoms with Crippen molar-refractivity contribution in [2.24, 2.45) is 5.92 Å². The maximum Gasteiger partial charge on any atom is 0.321 e. The maximum absolute atomic E-state index is 13.6. The van der Waals surface area contributed by atoms with Crippen LogP contribution >= 0.6 is 0 Å². The van der Waals surface area contributed by atoms with Gasteiger partial charge in [-0.15, -0.1) is 0 Å². The van der Waals surface area contributed by atoms with Gasteiger partial charge in [-0.1, -0.05) is 6.92 Å². The molecule has 1 atom stereocenters. The third-order valence-electron chi connectivity index (χ3n) is 2.80. The topological polar surface area (TPSA) is 78.9 Å². The molecule has 0 fully saturated rings. The van der Waals surface area contributed by atoms with E-state index in [1.807, 2.05) is 0 Å². The van der Waals surface area contributed by atoms with E-state index in [1.54, 1.807) is 6.92 Å². The van der Waals surface area contributed by atoms with Crippen LogP contribution in [0.1, 0.15) is 13.8 Å². The van der Waals surface area contributed by atoms with Gasteiger partial charge in [-0.25, -0.2) is 9.18 Å². The second kappa shape index (κ2) is 7.47. The molecule has 7 heteroatoms. The summed E-state index contributed by atoms with van der Waals surface area (Å²) in [5.41, 5.74) is 0.274. The number of amides is 2. The summed E-state index contributed by atoms with van der Waals surface area (Å²) in [5.74, 6) is -2.13. The third kappa shape index (κ3) is 4.94. The fourth-order valence-corrected chi connectivity index (χ4v) is 1.64. The highest BCUT2D eigenvalue weighted by atomic mass is 19.1. The Kier molecular flexibility index (Phi) is 5.95. The summed E-state index contributed by atoms with van der Waals surface area (Å²) < 4.78 is 18.7. The van der Waals surface area contributed by atoms with Crippen LogP contribution in [-0.2, 0) is 4.79 Å². The Labute approximate surface area is 122 Å². The lowest BCUT2D eigenvalue weighted by Crippen LogP contribution is -2.36. The van der Waals surface area contributed by atoms with E-state index in [4.69, 9.17) is 9.84 Å². The molecule has 0 saturated carbocycles. The van der Waals surface area contributed by atoms with E-state index in [9.17, 15) is 14.0 Å². The second-order valence-corrected chi connectivity index (χ2v) is 4.63. The molecule has 1 unspecified atom stereocenters. The van der Waals surface area contributed by atoms with Gasteiger partial charge in [0.05, 0.1) is 12.5 Å². The zero-order chi connectivity index (χ0) is 16.0. The summed E-state index contributed by atoms with van der Waals surface area (Å²) in [6.45, 7) is 3.65. The van der Waals surface area contributed by atoms with Crippen molar-refractivity contribution in [2.75, 3.05) is 25.5 Å². The quantitative estimate of drug-likeness (QED) is 0.845. The molecule has 2 N–H and O–H groups in total. The van der Waals surface area contributed by atoms with E-state index in [1.165, 1.54) is 31.0 Å². The predicted octanol–water partition coefficient (Wildman–Crippen LogP) is 2.41. The number of carboxylic acids is 1. The normalized spacial score (nSPS) is 11.6. The molecule has 0 aliphatic heterocycles. The molecule has 0 aliphatic carbocycles. The Hall–Kier alpha value is -2.31. The number of carbonyl (C=O) groups excluding carboxylic acids is 1. The fraction of sp³-hybridized carbons (Fsp3) is 0.429. The number of hydrogen-bond acceptors (Lipinski definition) is 3. The summed E-state index contributed by atoms with van der Waals surface area (Å²) in [4.78, 5) is 23.8. The highest BCUT2D eigenvalue weighted by molar-refractivity contribution is 5.89. The molecule has 21 heavy (non-hydrogen) atoms. The fourth-order valence-electron chi connectivity index (χ4n) is 1.64. The van der Waals surface area contributed by atoms with Crippen LogP contribution in [0.4, 0.5) is 14.9 Å². The zero-order valence-corrected chi connectivity index (χ0v) is 12.2. The van der Waals surface area contributed by atoms with Gasteiger partial charge in [0.15, 0.2) is 11.6 Å². The van der Waals surface area contributed by atoms with Crippen molar-refractivity contribution in [2.45, 2.75) is 13.8 Å². The first-order valence-electron chi connectivity index (χ1n) is 6.52. The number of carboxylic acid groups (broad SMARTS) is 1. The Bertz CT molecular complexity index is 522. The van der Waals surface area contributed by atoms with Crippen molar-refractivity contribution >= 4 is 17.7 Å². The summed E-state index contributed by atoms with van der Waals surface area (Å²) in [6.07, 6.45) is 0. The van der Waals surface area contributed by atoms with Crippen molar-refractivity contribution in [3.63, 3.8) is 0 Å². The Morgan fingerprint density at radius 3 is 2.67 bits per heavy atom. The Morgan fingerprint density at radius 1 is 1.48 bits per heavy atom. The second-order valence-electron chi connectivity index (χ2n) is 4.63. The van der Waals surface area contributed by atoms with E-state index >= 15 is 0 Å². The van der Waals surface area contributed by atoms with Gasteiger partial charge in [-0.2, -0.15) is 0 Å². The first kappa shape index (κ1) is 16.7. The van der Waals surface area contributed by atoms with Crippen molar-refractivity contribution in [3.05, 3.63) is 24.0 Å². The van der Waals surface area contributed by atoms with Gasteiger partial charge in [0, 0.05) is 25.3 Å². The molecule has 0 aromatic heterocycles. The van der Waals surface area contributed by atoms with Gasteiger partial charge >= 0.3 is 12.0 Å². The van der Waals surface area contributed by atoms with Gasteiger partial charge in [0.1, 0.15) is 0 Å². The molecule has 6 nitrogen and oxygen atoms in total. The van der Waals surface area contributed by atoms with Crippen LogP contribution in [0.2, 0.25) is 0 Å². The lowest BCUT2D eigenvalue weighted by atomic mass is 10.2. The SMILES string of the molecule is CCOc1ccc(NC(=O)N(C)CC(C)C(=O)O)cc1F. The molecule has 2 amide bonds. The minimum Gasteiger partial charge on any atom is -0.491 e. The molecule has 116 valence electrons. The number of nitrogens with zero attached hydrogens (tertiary/aromatic N) is 1. The van der Waals surface area contributed by atoms with Crippen LogP contribution in [-0.4, -0.2) is 42.2 Å². The molecule has 0 spiro atoms. The Morgan fingerprint density at radius 2 is 2.14 bits per heavy atom. The van der Waals surface area contributed by atoms with Gasteiger partial charge in [-0.05, 0) is 19.1 Å². The van der Waals surface area contributed by atoms with Crippen LogP contribution in [0, 0.1) is 11.7 Å². The predicted molar refractivity (Wildman–Crippen MR) is 76.0 cm³/mol. The van der Waals surface area contributed by atoms with E-state index < -0.39 is 23.7 Å². The average Bonchev–Trinajstić information content (AvgIpc) is 2.41. The van der Waals surface area contributed by atoms with Crippen LogP contribution in [0.5, 0.6) is 5.75 Å². The molecule has 0 bridgehead atoms. The first-order valence-corrected chi connectivity index (χ1v) is 6.52. The number of nitrogens with one attached hydrogen (secondary N) is 1. The van der Waals surface area contributed by atoms with E-state index in [-0.39, 0.29) is 18.0 Å². The number of hydrogen-bond donors (Lipinski definition) is 2. The molecule has 0 heterocycles.